The standard InChI is InChI=1S/C24H26N4O5S/c29-21(2-1-5-27-18-4-3-17(28(31)32)9-19(18)33-23(27)30)26-22-25-20(13-34-22)24-10-14-6-15(11-24)8-16(7-14)12-24/h3-4,9,13-16H,1-2,5-8,10-12H2,(H,25,26,29). The van der Waals surface area contributed by atoms with Crippen LogP contribution in [0, 0.1) is 27.9 Å². The molecule has 1 N–H and O–H groups in total. The fourth-order valence-electron chi connectivity index (χ4n) is 6.96. The number of fused-ring (bicyclic) bond motifs is 1. The van der Waals surface area contributed by atoms with Gasteiger partial charge in [0, 0.05) is 29.8 Å². The van der Waals surface area contributed by atoms with Gasteiger partial charge in [-0.25, -0.2) is 9.78 Å². The molecule has 0 spiro atoms. The van der Waals surface area contributed by atoms with Crippen LogP contribution in [0.15, 0.2) is 32.8 Å². The van der Waals surface area contributed by atoms with Gasteiger partial charge in [0.1, 0.15) is 0 Å². The summed E-state index contributed by atoms with van der Waals surface area (Å²) in [6, 6.07) is 4.08. The van der Waals surface area contributed by atoms with Gasteiger partial charge in [-0.3, -0.25) is 19.5 Å². The van der Waals surface area contributed by atoms with Crippen molar-refractivity contribution in [1.82, 2.24) is 9.55 Å². The molecule has 4 bridgehead atoms. The van der Waals surface area contributed by atoms with Gasteiger partial charge in [-0.2, -0.15) is 0 Å². The molecule has 4 saturated carbocycles. The number of aryl methyl sites for hydroxylation is 1. The largest absolute Gasteiger partial charge is 0.419 e. The van der Waals surface area contributed by atoms with Gasteiger partial charge in [0.05, 0.1) is 22.2 Å². The van der Waals surface area contributed by atoms with Crippen LogP contribution in [0.1, 0.15) is 57.1 Å². The summed E-state index contributed by atoms with van der Waals surface area (Å²) in [5.74, 6) is 1.82. The smallest absolute Gasteiger partial charge is 0.407 e. The Labute approximate surface area is 199 Å². The lowest BCUT2D eigenvalue weighted by molar-refractivity contribution is -0.384. The molecule has 2 heterocycles. The summed E-state index contributed by atoms with van der Waals surface area (Å²) in [4.78, 5) is 39.9. The average Bonchev–Trinajstić information content (AvgIpc) is 3.37. The number of non-ortho nitro benzene ring substituents is 1. The van der Waals surface area contributed by atoms with Gasteiger partial charge in [-0.1, -0.05) is 0 Å². The normalized spacial score (nSPS) is 27.4. The van der Waals surface area contributed by atoms with Crippen LogP contribution in [-0.2, 0) is 16.8 Å². The van der Waals surface area contributed by atoms with E-state index in [0.29, 0.717) is 17.1 Å². The summed E-state index contributed by atoms with van der Waals surface area (Å²) in [7, 11) is 0. The number of benzene rings is 1. The third-order valence-electron chi connectivity index (χ3n) is 7.98. The van der Waals surface area contributed by atoms with Gasteiger partial charge in [0.2, 0.25) is 5.91 Å². The van der Waals surface area contributed by atoms with E-state index >= 15 is 0 Å². The molecule has 4 fully saturated rings. The summed E-state index contributed by atoms with van der Waals surface area (Å²) in [6.07, 6.45) is 8.56. The minimum atomic E-state index is -0.587. The highest BCUT2D eigenvalue weighted by Gasteiger charge is 2.52. The molecule has 9 nitrogen and oxygen atoms in total. The zero-order valence-corrected chi connectivity index (χ0v) is 19.5. The van der Waals surface area contributed by atoms with E-state index < -0.39 is 10.7 Å². The number of nitrogens with one attached hydrogen (secondary N) is 1. The Kier molecular flexibility index (Phi) is 5.09. The molecular weight excluding hydrogens is 456 g/mol. The molecule has 2 aromatic heterocycles. The molecule has 178 valence electrons. The Morgan fingerprint density at radius 3 is 2.62 bits per heavy atom. The molecule has 4 aliphatic rings. The van der Waals surface area contributed by atoms with E-state index in [1.807, 2.05) is 0 Å². The van der Waals surface area contributed by atoms with Crippen molar-refractivity contribution < 1.29 is 14.1 Å². The number of anilines is 1. The first kappa shape index (κ1) is 21.5. The average molecular weight is 483 g/mol. The fourth-order valence-corrected chi connectivity index (χ4v) is 7.81. The van der Waals surface area contributed by atoms with Gasteiger partial charge in [-0.15, -0.1) is 11.3 Å². The Morgan fingerprint density at radius 1 is 1.24 bits per heavy atom. The SMILES string of the molecule is O=C(CCCn1c(=O)oc2cc([N+](=O)[O-])ccc21)Nc1nc(C23CC4CC(CC(C4)C2)C3)cs1. The lowest BCUT2D eigenvalue weighted by Crippen LogP contribution is -2.48. The number of carbonyl (C=O) groups is 1. The lowest BCUT2D eigenvalue weighted by atomic mass is 9.49. The number of amides is 1. The molecule has 10 heteroatoms. The summed E-state index contributed by atoms with van der Waals surface area (Å²) in [5.41, 5.74) is 1.90. The van der Waals surface area contributed by atoms with Gasteiger partial charge in [0.25, 0.3) is 5.69 Å². The number of nitro groups is 1. The number of aromatic nitrogens is 2. The molecule has 0 atom stereocenters. The minimum absolute atomic E-state index is 0.135. The number of nitrogens with zero attached hydrogens (tertiary/aromatic N) is 3. The predicted octanol–water partition coefficient (Wildman–Crippen LogP) is 4.85. The molecule has 0 saturated heterocycles. The van der Waals surface area contributed by atoms with Crippen LogP contribution < -0.4 is 11.1 Å². The molecule has 1 aromatic carbocycles. The number of carbonyl (C=O) groups excluding carboxylic acids is 1. The highest BCUT2D eigenvalue weighted by atomic mass is 32.1. The van der Waals surface area contributed by atoms with E-state index in [4.69, 9.17) is 9.40 Å². The molecule has 3 aromatic rings. The number of oxazole rings is 1. The lowest BCUT2D eigenvalue weighted by Gasteiger charge is -2.56. The van der Waals surface area contributed by atoms with E-state index in [9.17, 15) is 19.7 Å². The van der Waals surface area contributed by atoms with Crippen LogP contribution >= 0.6 is 11.3 Å². The zero-order chi connectivity index (χ0) is 23.4. The third-order valence-corrected chi connectivity index (χ3v) is 8.74. The number of hydrogen-bond donors (Lipinski definition) is 1. The maximum absolute atomic E-state index is 12.5. The maximum atomic E-state index is 12.5. The second-order valence-corrected chi connectivity index (χ2v) is 11.2. The molecule has 4 aliphatic carbocycles. The third kappa shape index (κ3) is 3.73. The first-order chi connectivity index (χ1) is 16.4. The summed E-state index contributed by atoms with van der Waals surface area (Å²) in [6.45, 7) is 0.285. The quantitative estimate of drug-likeness (QED) is 0.380. The first-order valence-electron chi connectivity index (χ1n) is 11.9. The van der Waals surface area contributed by atoms with Crippen LogP contribution in [0.3, 0.4) is 0 Å². The molecule has 34 heavy (non-hydrogen) atoms. The van der Waals surface area contributed by atoms with Crippen molar-refractivity contribution in [1.29, 1.82) is 0 Å². The Hall–Kier alpha value is -3.01. The summed E-state index contributed by atoms with van der Waals surface area (Å²) in [5, 5.41) is 16.6. The van der Waals surface area contributed by atoms with Crippen LogP contribution in [0.4, 0.5) is 10.8 Å². The van der Waals surface area contributed by atoms with Crippen molar-refractivity contribution in [3.05, 3.63) is 49.9 Å². The van der Waals surface area contributed by atoms with E-state index in [1.54, 1.807) is 0 Å². The van der Waals surface area contributed by atoms with E-state index in [0.717, 1.165) is 23.4 Å². The highest BCUT2D eigenvalue weighted by molar-refractivity contribution is 7.13. The molecule has 0 radical (unpaired) electrons. The van der Waals surface area contributed by atoms with Gasteiger partial charge in [-0.05, 0) is 68.8 Å². The first-order valence-corrected chi connectivity index (χ1v) is 12.8. The second kappa shape index (κ2) is 8.04. The van der Waals surface area contributed by atoms with Crippen LogP contribution in [0.5, 0.6) is 0 Å². The van der Waals surface area contributed by atoms with Gasteiger partial charge in [0.15, 0.2) is 10.7 Å². The van der Waals surface area contributed by atoms with Crippen molar-refractivity contribution in [2.45, 2.75) is 63.3 Å². The van der Waals surface area contributed by atoms with E-state index in [2.05, 4.69) is 10.7 Å². The molecular formula is C24H26N4O5S. The van der Waals surface area contributed by atoms with Crippen molar-refractivity contribution in [2.24, 2.45) is 17.8 Å². The van der Waals surface area contributed by atoms with Crippen LogP contribution in [0.2, 0.25) is 0 Å². The predicted molar refractivity (Wildman–Crippen MR) is 127 cm³/mol. The van der Waals surface area contributed by atoms with Gasteiger partial charge >= 0.3 is 5.76 Å². The number of rotatable bonds is 7. The molecule has 0 aliphatic heterocycles. The monoisotopic (exact) mass is 482 g/mol. The Bertz CT molecular complexity index is 1300. The van der Waals surface area contributed by atoms with Crippen LogP contribution in [-0.4, -0.2) is 20.4 Å². The summed E-state index contributed by atoms with van der Waals surface area (Å²) < 4.78 is 6.54. The maximum Gasteiger partial charge on any atom is 0.419 e. The number of nitro benzene ring substituents is 1. The van der Waals surface area contributed by atoms with Crippen molar-refractivity contribution >= 4 is 39.2 Å². The van der Waals surface area contributed by atoms with E-state index in [1.165, 1.54) is 72.6 Å². The van der Waals surface area contributed by atoms with Crippen molar-refractivity contribution in [3.63, 3.8) is 0 Å². The zero-order valence-electron chi connectivity index (χ0n) is 18.7. The highest BCUT2D eigenvalue weighted by Crippen LogP contribution is 2.60. The van der Waals surface area contributed by atoms with E-state index in [-0.39, 0.29) is 35.6 Å². The molecule has 0 unspecified atom stereocenters. The summed E-state index contributed by atoms with van der Waals surface area (Å²) >= 11 is 1.50. The molecule has 1 amide bonds. The Balaban J connectivity index is 1.07. The fraction of sp³-hybridized carbons (Fsp3) is 0.542. The number of hydrogen-bond acceptors (Lipinski definition) is 7. The molecule has 7 rings (SSSR count). The second-order valence-electron chi connectivity index (χ2n) is 10.3. The topological polar surface area (TPSA) is 120 Å². The van der Waals surface area contributed by atoms with Crippen LogP contribution in [0.25, 0.3) is 11.1 Å². The minimum Gasteiger partial charge on any atom is -0.407 e. The number of thiazole rings is 1. The van der Waals surface area contributed by atoms with Crippen molar-refractivity contribution in [3.8, 4) is 0 Å². The Morgan fingerprint density at radius 2 is 1.94 bits per heavy atom. The van der Waals surface area contributed by atoms with Crippen molar-refractivity contribution in [2.75, 3.05) is 5.32 Å². The van der Waals surface area contributed by atoms with Gasteiger partial charge < -0.3 is 9.73 Å².